The van der Waals surface area contributed by atoms with Crippen molar-refractivity contribution in [2.75, 3.05) is 13.2 Å². The zero-order valence-corrected chi connectivity index (χ0v) is 10.7. The Morgan fingerprint density at radius 2 is 2.11 bits per heavy atom. The number of hydrogen-bond donors (Lipinski definition) is 1. The van der Waals surface area contributed by atoms with Gasteiger partial charge in [-0.3, -0.25) is 4.98 Å². The molecule has 1 aromatic carbocycles. The second kappa shape index (κ2) is 6.47. The number of aliphatic hydroxyl groups excluding tert-OH is 1. The highest BCUT2D eigenvalue weighted by Crippen LogP contribution is 2.18. The maximum atomic E-state index is 9.99. The summed E-state index contributed by atoms with van der Waals surface area (Å²) in [4.78, 5) is 4.32. The summed E-state index contributed by atoms with van der Waals surface area (Å²) >= 11 is 0. The van der Waals surface area contributed by atoms with Crippen LogP contribution in [0.25, 0.3) is 10.9 Å². The van der Waals surface area contributed by atoms with Crippen molar-refractivity contribution >= 4 is 10.9 Å². The molecule has 1 aromatic heterocycles. The highest BCUT2D eigenvalue weighted by Gasteiger charge is 2.08. The highest BCUT2D eigenvalue weighted by atomic mass is 16.5. The number of fused-ring (bicyclic) bond motifs is 1. The van der Waals surface area contributed by atoms with Gasteiger partial charge in [0.05, 0.1) is 11.6 Å². The maximum Gasteiger partial charge on any atom is 0.0704 e. The molecule has 96 valence electrons. The number of hydrogen-bond acceptors (Lipinski definition) is 3. The van der Waals surface area contributed by atoms with Gasteiger partial charge in [-0.15, -0.1) is 0 Å². The number of rotatable bonds is 6. The molecule has 0 aliphatic heterocycles. The van der Waals surface area contributed by atoms with Crippen LogP contribution in [0.2, 0.25) is 0 Å². The molecule has 0 fully saturated rings. The van der Waals surface area contributed by atoms with E-state index in [1.54, 1.807) is 6.20 Å². The SMILES string of the molecule is CCOCCC(O)Cc1ccnc2ccccc12. The fraction of sp³-hybridized carbons (Fsp3) is 0.400. The summed E-state index contributed by atoms with van der Waals surface area (Å²) in [6.45, 7) is 3.27. The molecule has 2 rings (SSSR count). The molecule has 0 radical (unpaired) electrons. The third-order valence-corrected chi connectivity index (χ3v) is 2.99. The first-order valence-electron chi connectivity index (χ1n) is 6.39. The lowest BCUT2D eigenvalue weighted by atomic mass is 10.0. The van der Waals surface area contributed by atoms with Gasteiger partial charge in [-0.05, 0) is 37.5 Å². The number of ether oxygens (including phenoxy) is 1. The second-order valence-electron chi connectivity index (χ2n) is 4.33. The molecule has 0 spiro atoms. The molecule has 0 saturated heterocycles. The summed E-state index contributed by atoms with van der Waals surface area (Å²) in [5, 5.41) is 11.1. The van der Waals surface area contributed by atoms with Crippen LogP contribution in [0.1, 0.15) is 18.9 Å². The Hall–Kier alpha value is -1.45. The largest absolute Gasteiger partial charge is 0.393 e. The van der Waals surface area contributed by atoms with Gasteiger partial charge in [0.1, 0.15) is 0 Å². The van der Waals surface area contributed by atoms with E-state index in [1.165, 1.54) is 0 Å². The first kappa shape index (κ1) is 13.0. The predicted octanol–water partition coefficient (Wildman–Crippen LogP) is 2.56. The summed E-state index contributed by atoms with van der Waals surface area (Å²) in [5.74, 6) is 0. The van der Waals surface area contributed by atoms with E-state index in [0.29, 0.717) is 26.1 Å². The third-order valence-electron chi connectivity index (χ3n) is 2.99. The number of pyridine rings is 1. The van der Waals surface area contributed by atoms with Crippen LogP contribution in [0.15, 0.2) is 36.5 Å². The van der Waals surface area contributed by atoms with E-state index in [4.69, 9.17) is 4.74 Å². The molecule has 1 atom stereocenters. The summed E-state index contributed by atoms with van der Waals surface area (Å²) in [6.07, 6.45) is 2.76. The molecule has 1 unspecified atom stereocenters. The minimum atomic E-state index is -0.359. The Balaban J connectivity index is 2.07. The van der Waals surface area contributed by atoms with E-state index in [9.17, 15) is 5.11 Å². The van der Waals surface area contributed by atoms with Crippen molar-refractivity contribution in [3.63, 3.8) is 0 Å². The van der Waals surface area contributed by atoms with E-state index in [2.05, 4.69) is 4.98 Å². The number of aliphatic hydroxyl groups is 1. The number of nitrogens with zero attached hydrogens (tertiary/aromatic N) is 1. The normalized spacial score (nSPS) is 12.8. The van der Waals surface area contributed by atoms with E-state index in [-0.39, 0.29) is 6.10 Å². The van der Waals surface area contributed by atoms with E-state index in [0.717, 1.165) is 16.5 Å². The molecule has 1 heterocycles. The second-order valence-corrected chi connectivity index (χ2v) is 4.33. The van der Waals surface area contributed by atoms with Gasteiger partial charge in [-0.1, -0.05) is 18.2 Å². The number of benzene rings is 1. The first-order chi connectivity index (χ1) is 8.81. The van der Waals surface area contributed by atoms with Crippen LogP contribution in [-0.4, -0.2) is 29.4 Å². The standard InChI is InChI=1S/C15H19NO2/c1-2-18-10-8-13(17)11-12-7-9-16-15-6-4-3-5-14(12)15/h3-7,9,13,17H,2,8,10-11H2,1H3. The molecule has 0 aliphatic carbocycles. The lowest BCUT2D eigenvalue weighted by Gasteiger charge is -2.12. The summed E-state index contributed by atoms with van der Waals surface area (Å²) in [5.41, 5.74) is 2.12. The Labute approximate surface area is 107 Å². The Bertz CT molecular complexity index is 493. The van der Waals surface area contributed by atoms with Crippen molar-refractivity contribution in [3.8, 4) is 0 Å². The van der Waals surface area contributed by atoms with Gasteiger partial charge in [0.15, 0.2) is 0 Å². The number of para-hydroxylation sites is 1. The summed E-state index contributed by atoms with van der Waals surface area (Å²) in [6, 6.07) is 10.00. The maximum absolute atomic E-state index is 9.99. The smallest absolute Gasteiger partial charge is 0.0704 e. The van der Waals surface area contributed by atoms with Crippen molar-refractivity contribution in [2.24, 2.45) is 0 Å². The highest BCUT2D eigenvalue weighted by molar-refractivity contribution is 5.81. The molecule has 3 heteroatoms. The molecule has 2 aromatic rings. The molecule has 3 nitrogen and oxygen atoms in total. The Morgan fingerprint density at radius 1 is 1.28 bits per heavy atom. The van der Waals surface area contributed by atoms with Gasteiger partial charge < -0.3 is 9.84 Å². The third kappa shape index (κ3) is 3.28. The summed E-state index contributed by atoms with van der Waals surface area (Å²) < 4.78 is 5.26. The average Bonchev–Trinajstić information content (AvgIpc) is 2.39. The van der Waals surface area contributed by atoms with Gasteiger partial charge in [-0.25, -0.2) is 0 Å². The van der Waals surface area contributed by atoms with Crippen LogP contribution in [-0.2, 0) is 11.2 Å². The lowest BCUT2D eigenvalue weighted by Crippen LogP contribution is -2.14. The van der Waals surface area contributed by atoms with Gasteiger partial charge in [0.2, 0.25) is 0 Å². The zero-order valence-electron chi connectivity index (χ0n) is 10.7. The fourth-order valence-electron chi connectivity index (χ4n) is 2.05. The van der Waals surface area contributed by atoms with Crippen molar-refractivity contribution in [2.45, 2.75) is 25.9 Å². The molecule has 0 bridgehead atoms. The Kier molecular flexibility index (Phi) is 4.67. The molecular formula is C15H19NO2. The van der Waals surface area contributed by atoms with Crippen LogP contribution in [0.4, 0.5) is 0 Å². The van der Waals surface area contributed by atoms with Gasteiger partial charge in [-0.2, -0.15) is 0 Å². The van der Waals surface area contributed by atoms with Crippen LogP contribution < -0.4 is 0 Å². The minimum Gasteiger partial charge on any atom is -0.393 e. The Morgan fingerprint density at radius 3 is 2.94 bits per heavy atom. The van der Waals surface area contributed by atoms with Crippen LogP contribution >= 0.6 is 0 Å². The fourth-order valence-corrected chi connectivity index (χ4v) is 2.05. The lowest BCUT2D eigenvalue weighted by molar-refractivity contribution is 0.0889. The molecule has 0 amide bonds. The van der Waals surface area contributed by atoms with Crippen molar-refractivity contribution in [3.05, 3.63) is 42.1 Å². The van der Waals surface area contributed by atoms with E-state index < -0.39 is 0 Å². The van der Waals surface area contributed by atoms with Crippen molar-refractivity contribution < 1.29 is 9.84 Å². The zero-order chi connectivity index (χ0) is 12.8. The topological polar surface area (TPSA) is 42.4 Å². The van der Waals surface area contributed by atoms with Gasteiger partial charge >= 0.3 is 0 Å². The van der Waals surface area contributed by atoms with Crippen molar-refractivity contribution in [1.29, 1.82) is 0 Å². The quantitative estimate of drug-likeness (QED) is 0.795. The van der Waals surface area contributed by atoms with E-state index >= 15 is 0 Å². The first-order valence-corrected chi connectivity index (χ1v) is 6.39. The molecule has 18 heavy (non-hydrogen) atoms. The average molecular weight is 245 g/mol. The summed E-state index contributed by atoms with van der Waals surface area (Å²) in [7, 11) is 0. The van der Waals surface area contributed by atoms with Crippen LogP contribution in [0.3, 0.4) is 0 Å². The minimum absolute atomic E-state index is 0.359. The molecular weight excluding hydrogens is 226 g/mol. The van der Waals surface area contributed by atoms with E-state index in [1.807, 2.05) is 37.3 Å². The monoisotopic (exact) mass is 245 g/mol. The van der Waals surface area contributed by atoms with Crippen molar-refractivity contribution in [1.82, 2.24) is 4.98 Å². The number of aromatic nitrogens is 1. The van der Waals surface area contributed by atoms with Crippen LogP contribution in [0, 0.1) is 0 Å². The predicted molar refractivity (Wildman–Crippen MR) is 72.6 cm³/mol. The molecule has 0 aliphatic rings. The van der Waals surface area contributed by atoms with Gasteiger partial charge in [0, 0.05) is 24.8 Å². The van der Waals surface area contributed by atoms with Gasteiger partial charge in [0.25, 0.3) is 0 Å². The molecule has 1 N–H and O–H groups in total. The van der Waals surface area contributed by atoms with Crippen LogP contribution in [0.5, 0.6) is 0 Å². The molecule has 0 saturated carbocycles.